The Hall–Kier alpha value is -2.56. The summed E-state index contributed by atoms with van der Waals surface area (Å²) in [6, 6.07) is 10.5. The van der Waals surface area contributed by atoms with Crippen molar-refractivity contribution in [1.29, 1.82) is 0 Å². The van der Waals surface area contributed by atoms with Gasteiger partial charge in [0.1, 0.15) is 15.8 Å². The number of piperidine rings is 1. The SMILES string of the molecule is O=S(=O)(NC1CCN(c2nccc(Oc3ccc(F)cc3)n2)CC1)c1cccs1. The number of ether oxygens (including phenoxy) is 1. The Kier molecular flexibility index (Phi) is 5.74. The summed E-state index contributed by atoms with van der Waals surface area (Å²) in [5.41, 5.74) is 0. The van der Waals surface area contributed by atoms with Gasteiger partial charge in [0, 0.05) is 31.4 Å². The summed E-state index contributed by atoms with van der Waals surface area (Å²) in [5, 5.41) is 1.75. The Morgan fingerprint density at radius 3 is 2.59 bits per heavy atom. The van der Waals surface area contributed by atoms with Crippen LogP contribution in [0.4, 0.5) is 10.3 Å². The van der Waals surface area contributed by atoms with Crippen molar-refractivity contribution < 1.29 is 17.5 Å². The smallest absolute Gasteiger partial charge is 0.250 e. The van der Waals surface area contributed by atoms with Crippen LogP contribution in [0.2, 0.25) is 0 Å². The lowest BCUT2D eigenvalue weighted by molar-refractivity contribution is 0.445. The highest BCUT2D eigenvalue weighted by atomic mass is 32.2. The number of hydrogen-bond acceptors (Lipinski definition) is 7. The van der Waals surface area contributed by atoms with Crippen molar-refractivity contribution in [3.63, 3.8) is 0 Å². The summed E-state index contributed by atoms with van der Waals surface area (Å²) in [7, 11) is -3.47. The monoisotopic (exact) mass is 434 g/mol. The van der Waals surface area contributed by atoms with Gasteiger partial charge in [-0.1, -0.05) is 6.07 Å². The molecule has 0 radical (unpaired) electrons. The lowest BCUT2D eigenvalue weighted by atomic mass is 10.1. The summed E-state index contributed by atoms with van der Waals surface area (Å²) < 4.78 is 46.5. The first kappa shape index (κ1) is 19.7. The van der Waals surface area contributed by atoms with Crippen LogP contribution in [-0.4, -0.2) is 37.5 Å². The van der Waals surface area contributed by atoms with Gasteiger partial charge in [0.15, 0.2) is 0 Å². The van der Waals surface area contributed by atoms with E-state index in [2.05, 4.69) is 14.7 Å². The van der Waals surface area contributed by atoms with Gasteiger partial charge in [-0.05, 0) is 48.6 Å². The third-order valence-electron chi connectivity index (χ3n) is 4.51. The van der Waals surface area contributed by atoms with Crippen molar-refractivity contribution in [3.05, 3.63) is 59.9 Å². The van der Waals surface area contributed by atoms with Crippen LogP contribution in [0.15, 0.2) is 58.3 Å². The van der Waals surface area contributed by atoms with E-state index in [9.17, 15) is 12.8 Å². The Morgan fingerprint density at radius 1 is 1.14 bits per heavy atom. The standard InChI is InChI=1S/C19H19FN4O3S2/c20-14-3-5-16(6-4-14)27-17-7-10-21-19(22-17)24-11-8-15(9-12-24)23-29(25,26)18-2-1-13-28-18/h1-7,10,13,15,23H,8-9,11-12H2. The molecule has 0 saturated carbocycles. The van der Waals surface area contributed by atoms with Crippen LogP contribution < -0.4 is 14.4 Å². The molecule has 0 aliphatic carbocycles. The van der Waals surface area contributed by atoms with E-state index in [0.29, 0.717) is 47.7 Å². The average molecular weight is 435 g/mol. The van der Waals surface area contributed by atoms with Crippen molar-refractivity contribution >= 4 is 27.3 Å². The zero-order valence-corrected chi connectivity index (χ0v) is 17.0. The summed E-state index contributed by atoms with van der Waals surface area (Å²) in [5.74, 6) is 1.03. The van der Waals surface area contributed by atoms with E-state index >= 15 is 0 Å². The minimum Gasteiger partial charge on any atom is -0.439 e. The van der Waals surface area contributed by atoms with Crippen molar-refractivity contribution in [2.45, 2.75) is 23.1 Å². The third kappa shape index (κ3) is 4.89. The number of thiophene rings is 1. The highest BCUT2D eigenvalue weighted by molar-refractivity contribution is 7.91. The van der Waals surface area contributed by atoms with Crippen LogP contribution in [0.1, 0.15) is 12.8 Å². The van der Waals surface area contributed by atoms with Gasteiger partial charge in [-0.3, -0.25) is 0 Å². The van der Waals surface area contributed by atoms with Crippen LogP contribution in [0.25, 0.3) is 0 Å². The first-order chi connectivity index (χ1) is 14.0. The molecule has 0 unspecified atom stereocenters. The van der Waals surface area contributed by atoms with E-state index < -0.39 is 10.0 Å². The molecule has 7 nitrogen and oxygen atoms in total. The molecule has 0 bridgehead atoms. The average Bonchev–Trinajstić information content (AvgIpc) is 3.26. The fraction of sp³-hybridized carbons (Fsp3) is 0.263. The second-order valence-corrected chi connectivity index (χ2v) is 9.45. The van der Waals surface area contributed by atoms with Gasteiger partial charge in [-0.2, -0.15) is 4.98 Å². The molecule has 1 aliphatic rings. The molecule has 10 heteroatoms. The summed E-state index contributed by atoms with van der Waals surface area (Å²) in [4.78, 5) is 10.7. The number of nitrogens with one attached hydrogen (secondary N) is 1. The number of anilines is 1. The number of rotatable bonds is 6. The molecule has 1 fully saturated rings. The van der Waals surface area contributed by atoms with E-state index in [1.54, 1.807) is 29.8 Å². The lowest BCUT2D eigenvalue weighted by Crippen LogP contribution is -2.45. The highest BCUT2D eigenvalue weighted by Gasteiger charge is 2.26. The summed E-state index contributed by atoms with van der Waals surface area (Å²) >= 11 is 1.20. The number of nitrogens with zero attached hydrogens (tertiary/aromatic N) is 3. The number of hydrogen-bond donors (Lipinski definition) is 1. The van der Waals surface area contributed by atoms with Gasteiger partial charge in [0.25, 0.3) is 0 Å². The molecular weight excluding hydrogens is 415 g/mol. The van der Waals surface area contributed by atoms with Crippen LogP contribution >= 0.6 is 11.3 Å². The molecule has 152 valence electrons. The van der Waals surface area contributed by atoms with E-state index in [4.69, 9.17) is 4.74 Å². The maximum atomic E-state index is 13.0. The first-order valence-electron chi connectivity index (χ1n) is 9.07. The van der Waals surface area contributed by atoms with Crippen molar-refractivity contribution in [2.24, 2.45) is 0 Å². The molecule has 3 heterocycles. The predicted molar refractivity (Wildman–Crippen MR) is 108 cm³/mol. The van der Waals surface area contributed by atoms with Crippen LogP contribution in [0.3, 0.4) is 0 Å². The molecule has 3 aromatic rings. The van der Waals surface area contributed by atoms with E-state index in [1.807, 2.05) is 4.90 Å². The maximum absolute atomic E-state index is 13.0. The quantitative estimate of drug-likeness (QED) is 0.640. The summed E-state index contributed by atoms with van der Waals surface area (Å²) in [6.07, 6.45) is 2.90. The molecule has 0 atom stereocenters. The number of sulfonamides is 1. The van der Waals surface area contributed by atoms with Crippen molar-refractivity contribution in [1.82, 2.24) is 14.7 Å². The largest absolute Gasteiger partial charge is 0.439 e. The maximum Gasteiger partial charge on any atom is 0.250 e. The normalized spacial score (nSPS) is 15.4. The van der Waals surface area contributed by atoms with E-state index in [-0.39, 0.29) is 11.9 Å². The second kappa shape index (κ2) is 8.44. The van der Waals surface area contributed by atoms with E-state index in [0.717, 1.165) is 0 Å². The number of halogens is 1. The van der Waals surface area contributed by atoms with Crippen molar-refractivity contribution in [2.75, 3.05) is 18.0 Å². The number of benzene rings is 1. The molecular formula is C19H19FN4O3S2. The molecule has 0 amide bonds. The predicted octanol–water partition coefficient (Wildman–Crippen LogP) is 3.42. The van der Waals surface area contributed by atoms with Gasteiger partial charge < -0.3 is 9.64 Å². The lowest BCUT2D eigenvalue weighted by Gasteiger charge is -2.32. The molecule has 1 aromatic carbocycles. The zero-order valence-electron chi connectivity index (χ0n) is 15.4. The van der Waals surface area contributed by atoms with Crippen LogP contribution in [-0.2, 0) is 10.0 Å². The number of aromatic nitrogens is 2. The fourth-order valence-electron chi connectivity index (χ4n) is 3.06. The van der Waals surface area contributed by atoms with E-state index in [1.165, 1.54) is 35.6 Å². The molecule has 0 spiro atoms. The Labute approximate surface area is 172 Å². The van der Waals surface area contributed by atoms with Crippen LogP contribution in [0.5, 0.6) is 11.6 Å². The molecule has 1 saturated heterocycles. The highest BCUT2D eigenvalue weighted by Crippen LogP contribution is 2.24. The minimum absolute atomic E-state index is 0.128. The first-order valence-corrected chi connectivity index (χ1v) is 11.4. The topological polar surface area (TPSA) is 84.4 Å². The summed E-state index contributed by atoms with van der Waals surface area (Å²) in [6.45, 7) is 1.25. The van der Waals surface area contributed by atoms with Crippen LogP contribution in [0, 0.1) is 5.82 Å². The Morgan fingerprint density at radius 2 is 1.90 bits per heavy atom. The van der Waals surface area contributed by atoms with Gasteiger partial charge in [-0.15, -0.1) is 11.3 Å². The second-order valence-electron chi connectivity index (χ2n) is 6.57. The van der Waals surface area contributed by atoms with Gasteiger partial charge in [0.05, 0.1) is 0 Å². The zero-order chi connectivity index (χ0) is 20.3. The minimum atomic E-state index is -3.47. The molecule has 1 aliphatic heterocycles. The third-order valence-corrected chi connectivity index (χ3v) is 7.43. The van der Waals surface area contributed by atoms with Gasteiger partial charge in [0.2, 0.25) is 21.9 Å². The molecule has 2 aromatic heterocycles. The Bertz CT molecular complexity index is 1050. The molecule has 29 heavy (non-hydrogen) atoms. The Balaban J connectivity index is 1.37. The van der Waals surface area contributed by atoms with Crippen molar-refractivity contribution in [3.8, 4) is 11.6 Å². The molecule has 1 N–H and O–H groups in total. The van der Waals surface area contributed by atoms with Gasteiger partial charge >= 0.3 is 0 Å². The fourth-order valence-corrected chi connectivity index (χ4v) is 5.37. The van der Waals surface area contributed by atoms with Gasteiger partial charge in [-0.25, -0.2) is 22.5 Å². The molecule has 4 rings (SSSR count).